The zero-order chi connectivity index (χ0) is 17.5. The Morgan fingerprint density at radius 2 is 1.85 bits per heavy atom. The Labute approximate surface area is 155 Å². The van der Waals surface area contributed by atoms with Crippen LogP contribution in [0.1, 0.15) is 12.8 Å². The number of aromatic nitrogens is 3. The quantitative estimate of drug-likeness (QED) is 0.542. The first kappa shape index (κ1) is 15.3. The predicted octanol–water partition coefficient (Wildman–Crippen LogP) is 5.18. The van der Waals surface area contributed by atoms with E-state index < -0.39 is 0 Å². The summed E-state index contributed by atoms with van der Waals surface area (Å²) < 4.78 is 5.73. The van der Waals surface area contributed by atoms with Gasteiger partial charge in [-0.3, -0.25) is 0 Å². The molecule has 26 heavy (non-hydrogen) atoms. The van der Waals surface area contributed by atoms with Gasteiger partial charge in [-0.25, -0.2) is 9.97 Å². The van der Waals surface area contributed by atoms with Gasteiger partial charge < -0.3 is 9.84 Å². The normalized spacial score (nSPS) is 13.9. The average molecular weight is 363 g/mol. The minimum Gasteiger partial charge on any atom is -0.367 e. The van der Waals surface area contributed by atoms with Crippen molar-refractivity contribution in [3.8, 4) is 22.4 Å². The maximum atomic E-state index is 6.35. The summed E-state index contributed by atoms with van der Waals surface area (Å²) in [5.74, 6) is 0.825. The highest BCUT2D eigenvalue weighted by molar-refractivity contribution is 6.33. The molecule has 0 amide bonds. The van der Waals surface area contributed by atoms with Crippen LogP contribution in [0.3, 0.4) is 0 Å². The van der Waals surface area contributed by atoms with Gasteiger partial charge in [0.15, 0.2) is 5.58 Å². The molecular formula is C20H15ClN4O. The number of fused-ring (bicyclic) bond motifs is 1. The standard InChI is InChI=1S/C20H15ClN4O/c21-17-7-2-1-4-14(17)18-15-6-3-5-13(19(15)26-25-18)16-10-22-11-23-20(16)24-12-8-9-12/h1-7,10-12H,8-9H2,(H,22,23,24). The lowest BCUT2D eigenvalue weighted by Gasteiger charge is -2.09. The van der Waals surface area contributed by atoms with Crippen LogP contribution in [-0.2, 0) is 0 Å². The molecule has 0 bridgehead atoms. The van der Waals surface area contributed by atoms with Crippen molar-refractivity contribution in [1.29, 1.82) is 0 Å². The van der Waals surface area contributed by atoms with Crippen molar-refractivity contribution < 1.29 is 4.52 Å². The minimum atomic E-state index is 0.497. The van der Waals surface area contributed by atoms with Gasteiger partial charge in [0, 0.05) is 28.9 Å². The van der Waals surface area contributed by atoms with Gasteiger partial charge in [0.05, 0.1) is 10.4 Å². The lowest BCUT2D eigenvalue weighted by molar-refractivity contribution is 0.460. The minimum absolute atomic E-state index is 0.497. The van der Waals surface area contributed by atoms with E-state index >= 15 is 0 Å². The second kappa shape index (κ2) is 6.11. The zero-order valence-corrected chi connectivity index (χ0v) is 14.6. The average Bonchev–Trinajstić information content (AvgIpc) is 3.38. The molecule has 2 heterocycles. The van der Waals surface area contributed by atoms with Crippen LogP contribution in [-0.4, -0.2) is 21.2 Å². The van der Waals surface area contributed by atoms with E-state index in [4.69, 9.17) is 16.1 Å². The molecule has 4 aromatic rings. The number of para-hydroxylation sites is 1. The number of nitrogens with zero attached hydrogens (tertiary/aromatic N) is 3. The van der Waals surface area contributed by atoms with Crippen molar-refractivity contribution in [1.82, 2.24) is 15.1 Å². The van der Waals surface area contributed by atoms with Gasteiger partial charge in [-0.05, 0) is 25.0 Å². The molecule has 0 radical (unpaired) electrons. The molecule has 5 rings (SSSR count). The third kappa shape index (κ3) is 2.61. The van der Waals surface area contributed by atoms with E-state index in [0.29, 0.717) is 16.6 Å². The Kier molecular flexibility index (Phi) is 3.60. The molecule has 2 aromatic heterocycles. The lowest BCUT2D eigenvalue weighted by atomic mass is 10.0. The van der Waals surface area contributed by atoms with Gasteiger partial charge in [-0.15, -0.1) is 0 Å². The molecule has 1 fully saturated rings. The van der Waals surface area contributed by atoms with Gasteiger partial charge in [-0.1, -0.05) is 47.1 Å². The van der Waals surface area contributed by atoms with Gasteiger partial charge in [0.25, 0.3) is 0 Å². The van der Waals surface area contributed by atoms with Gasteiger partial charge in [0.2, 0.25) is 0 Å². The van der Waals surface area contributed by atoms with Crippen LogP contribution in [0.5, 0.6) is 0 Å². The third-order valence-corrected chi connectivity index (χ3v) is 4.88. The van der Waals surface area contributed by atoms with E-state index in [1.165, 1.54) is 12.8 Å². The molecule has 1 N–H and O–H groups in total. The SMILES string of the molecule is Clc1ccccc1-c1noc2c(-c3cncnc3NC3CC3)cccc12. The number of benzene rings is 2. The first-order valence-corrected chi connectivity index (χ1v) is 8.89. The summed E-state index contributed by atoms with van der Waals surface area (Å²) >= 11 is 6.35. The molecule has 0 atom stereocenters. The highest BCUT2D eigenvalue weighted by Gasteiger charge is 2.24. The van der Waals surface area contributed by atoms with Crippen LogP contribution in [0.4, 0.5) is 5.82 Å². The summed E-state index contributed by atoms with van der Waals surface area (Å²) in [6, 6.07) is 14.1. The summed E-state index contributed by atoms with van der Waals surface area (Å²) in [4.78, 5) is 8.62. The molecule has 6 heteroatoms. The summed E-state index contributed by atoms with van der Waals surface area (Å²) in [7, 11) is 0. The van der Waals surface area contributed by atoms with Crippen LogP contribution in [0, 0.1) is 0 Å². The Bertz CT molecular complexity index is 1100. The van der Waals surface area contributed by atoms with E-state index in [0.717, 1.165) is 33.6 Å². The molecule has 128 valence electrons. The third-order valence-electron chi connectivity index (χ3n) is 4.55. The largest absolute Gasteiger partial charge is 0.367 e. The molecule has 5 nitrogen and oxygen atoms in total. The summed E-state index contributed by atoms with van der Waals surface area (Å²) in [6.07, 6.45) is 5.72. The summed E-state index contributed by atoms with van der Waals surface area (Å²) in [5, 5.41) is 9.32. The molecule has 0 aliphatic heterocycles. The molecule has 1 saturated carbocycles. The first-order chi connectivity index (χ1) is 12.8. The van der Waals surface area contributed by atoms with Gasteiger partial charge in [-0.2, -0.15) is 0 Å². The van der Waals surface area contributed by atoms with Gasteiger partial charge >= 0.3 is 0 Å². The van der Waals surface area contributed by atoms with Gasteiger partial charge in [0.1, 0.15) is 17.8 Å². The molecule has 1 aliphatic rings. The second-order valence-electron chi connectivity index (χ2n) is 6.40. The number of hydrogen-bond donors (Lipinski definition) is 1. The van der Waals surface area contributed by atoms with E-state index in [1.54, 1.807) is 6.33 Å². The van der Waals surface area contributed by atoms with Crippen molar-refractivity contribution in [3.05, 3.63) is 60.0 Å². The highest BCUT2D eigenvalue weighted by atomic mass is 35.5. The summed E-state index contributed by atoms with van der Waals surface area (Å²) in [6.45, 7) is 0. The van der Waals surface area contributed by atoms with Crippen LogP contribution in [0.2, 0.25) is 5.02 Å². The Morgan fingerprint density at radius 3 is 2.69 bits per heavy atom. The fourth-order valence-corrected chi connectivity index (χ4v) is 3.31. The molecular weight excluding hydrogens is 348 g/mol. The van der Waals surface area contributed by atoms with E-state index in [1.807, 2.05) is 48.7 Å². The fraction of sp³-hybridized carbons (Fsp3) is 0.150. The van der Waals surface area contributed by atoms with Crippen molar-refractivity contribution in [3.63, 3.8) is 0 Å². The van der Waals surface area contributed by atoms with Crippen LogP contribution >= 0.6 is 11.6 Å². The Balaban J connectivity index is 1.68. The fourth-order valence-electron chi connectivity index (χ4n) is 3.08. The smallest absolute Gasteiger partial charge is 0.175 e. The summed E-state index contributed by atoms with van der Waals surface area (Å²) in [5.41, 5.74) is 4.12. The topological polar surface area (TPSA) is 63.8 Å². The number of halogens is 1. The maximum absolute atomic E-state index is 6.35. The van der Waals surface area contributed by atoms with Crippen LogP contribution in [0.25, 0.3) is 33.4 Å². The maximum Gasteiger partial charge on any atom is 0.175 e. The number of rotatable bonds is 4. The van der Waals surface area contributed by atoms with Crippen molar-refractivity contribution in [2.75, 3.05) is 5.32 Å². The van der Waals surface area contributed by atoms with E-state index in [2.05, 4.69) is 20.4 Å². The van der Waals surface area contributed by atoms with Crippen molar-refractivity contribution in [2.24, 2.45) is 0 Å². The molecule has 2 aromatic carbocycles. The predicted molar refractivity (Wildman–Crippen MR) is 102 cm³/mol. The molecule has 0 unspecified atom stereocenters. The first-order valence-electron chi connectivity index (χ1n) is 8.51. The van der Waals surface area contributed by atoms with Crippen molar-refractivity contribution in [2.45, 2.75) is 18.9 Å². The van der Waals surface area contributed by atoms with E-state index in [-0.39, 0.29) is 0 Å². The highest BCUT2D eigenvalue weighted by Crippen LogP contribution is 2.39. The monoisotopic (exact) mass is 362 g/mol. The lowest BCUT2D eigenvalue weighted by Crippen LogP contribution is -2.05. The Morgan fingerprint density at radius 1 is 1.00 bits per heavy atom. The molecule has 1 aliphatic carbocycles. The number of anilines is 1. The number of nitrogens with one attached hydrogen (secondary N) is 1. The van der Waals surface area contributed by atoms with Crippen LogP contribution in [0.15, 0.2) is 59.5 Å². The Hall–Kier alpha value is -2.92. The van der Waals surface area contributed by atoms with Crippen molar-refractivity contribution >= 4 is 28.4 Å². The molecule has 0 spiro atoms. The zero-order valence-electron chi connectivity index (χ0n) is 13.8. The number of hydrogen-bond acceptors (Lipinski definition) is 5. The molecule has 0 saturated heterocycles. The van der Waals surface area contributed by atoms with E-state index in [9.17, 15) is 0 Å². The second-order valence-corrected chi connectivity index (χ2v) is 6.80. The van der Waals surface area contributed by atoms with Crippen LogP contribution < -0.4 is 5.32 Å².